The van der Waals surface area contributed by atoms with Crippen LogP contribution in [-0.2, 0) is 4.79 Å². The lowest BCUT2D eigenvalue weighted by atomic mass is 9.84. The first-order chi connectivity index (χ1) is 15.0. The number of hydrogen-bond donors (Lipinski definition) is 6. The maximum absolute atomic E-state index is 13.0. The third kappa shape index (κ3) is 5.81. The molecule has 2 aromatic carbocycles. The maximum atomic E-state index is 13.0. The van der Waals surface area contributed by atoms with E-state index in [0.29, 0.717) is 35.6 Å². The number of rotatable bonds is 9. The Morgan fingerprint density at radius 2 is 1.94 bits per heavy atom. The number of nitrogen functional groups attached to an aromatic ring is 1. The number of carbonyl (C=O) groups excluding carboxylic acids is 1. The van der Waals surface area contributed by atoms with Crippen LogP contribution in [0.3, 0.4) is 0 Å². The Bertz CT molecular complexity index is 971. The summed E-state index contributed by atoms with van der Waals surface area (Å²) in [5.41, 5.74) is 13.6. The molecule has 3 atom stereocenters. The highest BCUT2D eigenvalue weighted by atomic mass is 16.3. The number of aliphatic hydroxyl groups is 1. The Morgan fingerprint density at radius 3 is 2.61 bits per heavy atom. The van der Waals surface area contributed by atoms with Gasteiger partial charge in [0.15, 0.2) is 6.23 Å². The van der Waals surface area contributed by atoms with Gasteiger partial charge in [0.05, 0.1) is 5.71 Å². The second-order valence-electron chi connectivity index (χ2n) is 7.51. The van der Waals surface area contributed by atoms with Gasteiger partial charge in [0, 0.05) is 28.5 Å². The molecule has 0 fully saturated rings. The number of anilines is 3. The lowest BCUT2D eigenvalue weighted by molar-refractivity contribution is -0.121. The van der Waals surface area contributed by atoms with Gasteiger partial charge in [-0.15, -0.1) is 0 Å². The van der Waals surface area contributed by atoms with Crippen molar-refractivity contribution in [2.24, 2.45) is 17.6 Å². The smallest absolute Gasteiger partial charge is 0.228 e. The molecule has 0 aromatic heterocycles. The molecule has 3 rings (SSSR count). The van der Waals surface area contributed by atoms with E-state index in [0.717, 1.165) is 6.42 Å². The minimum atomic E-state index is -1.25. The van der Waals surface area contributed by atoms with Crippen molar-refractivity contribution in [2.75, 3.05) is 22.9 Å². The molecule has 0 bridgehead atoms. The predicted molar refractivity (Wildman–Crippen MR) is 126 cm³/mol. The zero-order chi connectivity index (χ0) is 22.2. The lowest BCUT2D eigenvalue weighted by Crippen LogP contribution is -2.31. The van der Waals surface area contributed by atoms with Crippen LogP contribution in [0.5, 0.6) is 0 Å². The van der Waals surface area contributed by atoms with Crippen molar-refractivity contribution in [1.29, 1.82) is 5.41 Å². The van der Waals surface area contributed by atoms with Gasteiger partial charge >= 0.3 is 0 Å². The molecule has 3 unspecified atom stereocenters. The summed E-state index contributed by atoms with van der Waals surface area (Å²) in [6.45, 7) is 0.418. The largest absolute Gasteiger partial charge is 0.398 e. The summed E-state index contributed by atoms with van der Waals surface area (Å²) in [6.07, 6.45) is 8.13. The molecule has 162 valence electrons. The van der Waals surface area contributed by atoms with Crippen molar-refractivity contribution in [3.63, 3.8) is 0 Å². The summed E-state index contributed by atoms with van der Waals surface area (Å²) in [6, 6.07) is 14.0. The summed E-state index contributed by atoms with van der Waals surface area (Å²) < 4.78 is 0. The average molecular weight is 420 g/mol. The van der Waals surface area contributed by atoms with E-state index >= 15 is 0 Å². The van der Waals surface area contributed by atoms with Gasteiger partial charge in [0.25, 0.3) is 0 Å². The van der Waals surface area contributed by atoms with Crippen molar-refractivity contribution in [1.82, 2.24) is 0 Å². The third-order valence-electron chi connectivity index (χ3n) is 5.31. The molecule has 7 heteroatoms. The van der Waals surface area contributed by atoms with Gasteiger partial charge in [-0.05, 0) is 55.6 Å². The number of hydrogen-bond acceptors (Lipinski definition) is 6. The highest BCUT2D eigenvalue weighted by Gasteiger charge is 2.26. The Balaban J connectivity index is 1.73. The minimum Gasteiger partial charge on any atom is -0.398 e. The molecule has 7 nitrogen and oxygen atoms in total. The molecule has 1 aliphatic rings. The van der Waals surface area contributed by atoms with E-state index < -0.39 is 6.23 Å². The fourth-order valence-corrected chi connectivity index (χ4v) is 3.63. The van der Waals surface area contributed by atoms with Crippen LogP contribution in [0.2, 0.25) is 0 Å². The van der Waals surface area contributed by atoms with E-state index in [4.69, 9.17) is 16.9 Å². The zero-order valence-corrected chi connectivity index (χ0v) is 17.3. The topological polar surface area (TPSA) is 137 Å². The Labute approximate surface area is 182 Å². The first-order valence-corrected chi connectivity index (χ1v) is 10.3. The number of para-hydroxylation sites is 1. The van der Waals surface area contributed by atoms with Crippen molar-refractivity contribution < 1.29 is 9.90 Å². The van der Waals surface area contributed by atoms with Crippen molar-refractivity contribution >= 4 is 28.7 Å². The molecular formula is C24H29N5O2. The molecular weight excluding hydrogens is 390 g/mol. The monoisotopic (exact) mass is 419 g/mol. The molecule has 1 aliphatic carbocycles. The number of nitrogens with one attached hydrogen (secondary N) is 3. The van der Waals surface area contributed by atoms with Gasteiger partial charge < -0.3 is 27.2 Å². The second kappa shape index (κ2) is 10.6. The van der Waals surface area contributed by atoms with Crippen LogP contribution in [0.25, 0.3) is 0 Å². The summed E-state index contributed by atoms with van der Waals surface area (Å²) in [4.78, 5) is 13.0. The first-order valence-electron chi connectivity index (χ1n) is 10.3. The Hall–Kier alpha value is -3.42. The summed E-state index contributed by atoms with van der Waals surface area (Å²) in [7, 11) is 0. The van der Waals surface area contributed by atoms with E-state index in [1.54, 1.807) is 30.3 Å². The van der Waals surface area contributed by atoms with Crippen molar-refractivity contribution in [3.05, 3.63) is 78.4 Å². The highest BCUT2D eigenvalue weighted by molar-refractivity contribution is 6.07. The molecule has 1 amide bonds. The second-order valence-corrected chi connectivity index (χ2v) is 7.51. The Morgan fingerprint density at radius 1 is 1.16 bits per heavy atom. The normalized spacial score (nSPS) is 17.0. The molecule has 31 heavy (non-hydrogen) atoms. The minimum absolute atomic E-state index is 0.0867. The summed E-state index contributed by atoms with van der Waals surface area (Å²) >= 11 is 0. The standard InChI is InChI=1S/C24H29N5O2/c25-14-13-19(16-7-3-1-4-8-16)23(30)29-18-11-12-21(26)20(15-18)22(27)24(31)28-17-9-5-2-6-10-17/h1-7,9-12,15-16,19,24,27-28,31H,8,13-14,25-26H2,(H,29,30). The van der Waals surface area contributed by atoms with E-state index in [2.05, 4.69) is 10.6 Å². The van der Waals surface area contributed by atoms with Crippen LogP contribution in [0.4, 0.5) is 17.1 Å². The molecule has 0 radical (unpaired) electrons. The van der Waals surface area contributed by atoms with Gasteiger partial charge in [0.2, 0.25) is 5.91 Å². The quantitative estimate of drug-likeness (QED) is 0.211. The van der Waals surface area contributed by atoms with Crippen LogP contribution in [0.15, 0.2) is 72.8 Å². The number of amides is 1. The molecule has 0 aliphatic heterocycles. The van der Waals surface area contributed by atoms with E-state index in [-0.39, 0.29) is 23.5 Å². The van der Waals surface area contributed by atoms with Crippen molar-refractivity contribution in [2.45, 2.75) is 19.1 Å². The predicted octanol–water partition coefficient (Wildman–Crippen LogP) is 3.10. The fourth-order valence-electron chi connectivity index (χ4n) is 3.63. The van der Waals surface area contributed by atoms with Crippen molar-refractivity contribution in [3.8, 4) is 0 Å². The van der Waals surface area contributed by atoms with Crippen LogP contribution in [-0.4, -0.2) is 29.5 Å². The lowest BCUT2D eigenvalue weighted by Gasteiger charge is -2.24. The Kier molecular flexibility index (Phi) is 7.59. The van der Waals surface area contributed by atoms with Crippen LogP contribution in [0, 0.1) is 17.2 Å². The average Bonchev–Trinajstić information content (AvgIpc) is 2.79. The van der Waals surface area contributed by atoms with Gasteiger partial charge in [-0.3, -0.25) is 10.2 Å². The fraction of sp³-hybridized carbons (Fsp3) is 0.250. The molecule has 2 aromatic rings. The van der Waals surface area contributed by atoms with E-state index in [1.807, 2.05) is 42.5 Å². The maximum Gasteiger partial charge on any atom is 0.228 e. The number of carbonyl (C=O) groups is 1. The number of benzene rings is 2. The van der Waals surface area contributed by atoms with E-state index in [9.17, 15) is 9.90 Å². The number of nitrogens with two attached hydrogens (primary N) is 2. The first kappa shape index (κ1) is 22.3. The van der Waals surface area contributed by atoms with E-state index in [1.165, 1.54) is 0 Å². The van der Waals surface area contributed by atoms with Crippen LogP contribution < -0.4 is 22.1 Å². The molecule has 0 saturated heterocycles. The molecule has 0 spiro atoms. The third-order valence-corrected chi connectivity index (χ3v) is 5.31. The van der Waals surface area contributed by atoms with Crippen LogP contribution >= 0.6 is 0 Å². The number of aliphatic hydroxyl groups excluding tert-OH is 1. The molecule has 0 saturated carbocycles. The molecule has 8 N–H and O–H groups in total. The highest BCUT2D eigenvalue weighted by Crippen LogP contribution is 2.27. The van der Waals surface area contributed by atoms with Gasteiger partial charge in [0.1, 0.15) is 0 Å². The summed E-state index contributed by atoms with van der Waals surface area (Å²) in [5.74, 6) is -0.283. The van der Waals surface area contributed by atoms with Gasteiger partial charge in [-0.1, -0.05) is 42.5 Å². The summed E-state index contributed by atoms with van der Waals surface area (Å²) in [5, 5.41) is 24.6. The molecule has 0 heterocycles. The van der Waals surface area contributed by atoms with Gasteiger partial charge in [-0.2, -0.15) is 0 Å². The number of allylic oxidation sites excluding steroid dienone is 4. The zero-order valence-electron chi connectivity index (χ0n) is 17.3. The SMILES string of the molecule is N=C(c1cc(NC(=O)C(CCN)C2C=CC=CC2)ccc1N)C(O)Nc1ccccc1. The van der Waals surface area contributed by atoms with Crippen LogP contribution in [0.1, 0.15) is 18.4 Å². The van der Waals surface area contributed by atoms with Gasteiger partial charge in [-0.25, -0.2) is 0 Å².